The van der Waals surface area contributed by atoms with Gasteiger partial charge in [0.25, 0.3) is 5.56 Å². The lowest BCUT2D eigenvalue weighted by Gasteiger charge is -2.21. The van der Waals surface area contributed by atoms with E-state index in [0.717, 1.165) is 37.4 Å². The molecular formula is C25H27N5O3. The molecular weight excluding hydrogens is 418 g/mol. The monoisotopic (exact) mass is 445 g/mol. The van der Waals surface area contributed by atoms with E-state index in [0.29, 0.717) is 23.1 Å². The first-order chi connectivity index (χ1) is 16.1. The number of aryl methyl sites for hydroxylation is 1. The molecule has 4 heterocycles. The normalized spacial score (nSPS) is 17.0. The molecule has 0 unspecified atom stereocenters. The lowest BCUT2D eigenvalue weighted by molar-refractivity contribution is 0.0834. The molecule has 33 heavy (non-hydrogen) atoms. The zero-order chi connectivity index (χ0) is 22.5. The maximum atomic E-state index is 13.0. The van der Waals surface area contributed by atoms with E-state index >= 15 is 0 Å². The van der Waals surface area contributed by atoms with Crippen molar-refractivity contribution in [2.75, 3.05) is 13.2 Å². The summed E-state index contributed by atoms with van der Waals surface area (Å²) in [6, 6.07) is 8.00. The molecule has 1 aliphatic heterocycles. The van der Waals surface area contributed by atoms with Crippen LogP contribution in [0.2, 0.25) is 0 Å². The molecule has 0 spiro atoms. The van der Waals surface area contributed by atoms with Gasteiger partial charge < -0.3 is 9.47 Å². The van der Waals surface area contributed by atoms with Crippen LogP contribution in [0.1, 0.15) is 49.0 Å². The molecule has 0 amide bonds. The number of fused-ring (bicyclic) bond motifs is 1. The topological polar surface area (TPSA) is 75.6 Å². The first-order valence-corrected chi connectivity index (χ1v) is 11.5. The molecule has 170 valence electrons. The molecule has 0 atom stereocenters. The molecule has 4 aromatic rings. The van der Waals surface area contributed by atoms with Crippen LogP contribution in [0.4, 0.5) is 0 Å². The number of aromatic nitrogens is 5. The first kappa shape index (κ1) is 20.2. The molecule has 1 aliphatic carbocycles. The molecule has 0 radical (unpaired) electrons. The van der Waals surface area contributed by atoms with Gasteiger partial charge in [0.1, 0.15) is 17.1 Å². The van der Waals surface area contributed by atoms with Gasteiger partial charge in [-0.15, -0.1) is 0 Å². The third kappa shape index (κ3) is 3.64. The molecule has 2 fully saturated rings. The van der Waals surface area contributed by atoms with Crippen molar-refractivity contribution in [3.05, 3.63) is 64.7 Å². The quantitative estimate of drug-likeness (QED) is 0.464. The summed E-state index contributed by atoms with van der Waals surface area (Å²) in [5.74, 6) is 2.92. The zero-order valence-corrected chi connectivity index (χ0v) is 18.9. The van der Waals surface area contributed by atoms with Crippen LogP contribution in [0.3, 0.4) is 0 Å². The third-order valence-corrected chi connectivity index (χ3v) is 6.71. The number of benzene rings is 1. The number of hydrogen-bond acceptors (Lipinski definition) is 5. The summed E-state index contributed by atoms with van der Waals surface area (Å²) in [7, 11) is 3.69. The number of rotatable bonds is 5. The Morgan fingerprint density at radius 2 is 1.76 bits per heavy atom. The van der Waals surface area contributed by atoms with E-state index in [9.17, 15) is 4.79 Å². The van der Waals surface area contributed by atoms with Gasteiger partial charge in [0.2, 0.25) is 5.88 Å². The van der Waals surface area contributed by atoms with Crippen LogP contribution in [0, 0.1) is 0 Å². The summed E-state index contributed by atoms with van der Waals surface area (Å²) in [5, 5.41) is 4.66. The fourth-order valence-corrected chi connectivity index (χ4v) is 4.70. The summed E-state index contributed by atoms with van der Waals surface area (Å²) < 4.78 is 17.0. The van der Waals surface area contributed by atoms with Crippen molar-refractivity contribution in [3.8, 4) is 22.8 Å². The molecule has 1 saturated heterocycles. The fourth-order valence-electron chi connectivity index (χ4n) is 4.70. The summed E-state index contributed by atoms with van der Waals surface area (Å²) in [4.78, 5) is 17.5. The van der Waals surface area contributed by atoms with Crippen LogP contribution in [0.5, 0.6) is 11.6 Å². The molecule has 1 saturated carbocycles. The van der Waals surface area contributed by atoms with Gasteiger partial charge in [-0.25, -0.2) is 4.98 Å². The van der Waals surface area contributed by atoms with Crippen molar-refractivity contribution in [2.24, 2.45) is 14.1 Å². The second-order valence-electron chi connectivity index (χ2n) is 9.09. The molecule has 0 N–H and O–H groups in total. The van der Waals surface area contributed by atoms with Gasteiger partial charge in [-0.05, 0) is 43.4 Å². The van der Waals surface area contributed by atoms with E-state index in [4.69, 9.17) is 9.47 Å². The molecule has 3 aromatic heterocycles. The first-order valence-electron chi connectivity index (χ1n) is 11.5. The van der Waals surface area contributed by atoms with Gasteiger partial charge in [0.05, 0.1) is 18.1 Å². The Morgan fingerprint density at radius 1 is 1.00 bits per heavy atom. The van der Waals surface area contributed by atoms with E-state index < -0.39 is 0 Å². The minimum atomic E-state index is -0.126. The Kier molecular flexibility index (Phi) is 4.83. The van der Waals surface area contributed by atoms with Gasteiger partial charge in [-0.1, -0.05) is 12.1 Å². The Labute approximate surface area is 191 Å². The second-order valence-corrected chi connectivity index (χ2v) is 9.09. The average molecular weight is 446 g/mol. The van der Waals surface area contributed by atoms with Crippen LogP contribution in [0.25, 0.3) is 16.6 Å². The van der Waals surface area contributed by atoms with Crippen LogP contribution in [0.15, 0.2) is 47.7 Å². The van der Waals surface area contributed by atoms with Crippen molar-refractivity contribution < 1.29 is 9.47 Å². The molecule has 1 aromatic carbocycles. The minimum Gasteiger partial charge on any atom is -0.439 e. The largest absolute Gasteiger partial charge is 0.439 e. The van der Waals surface area contributed by atoms with E-state index in [1.807, 2.05) is 34.5 Å². The van der Waals surface area contributed by atoms with Crippen LogP contribution in [-0.2, 0) is 18.8 Å². The van der Waals surface area contributed by atoms with Crippen molar-refractivity contribution in [1.82, 2.24) is 23.7 Å². The highest BCUT2D eigenvalue weighted by Gasteiger charge is 2.29. The number of ether oxygens (including phenoxy) is 2. The van der Waals surface area contributed by atoms with Gasteiger partial charge in [-0.3, -0.25) is 18.4 Å². The fraction of sp³-hybridized carbons (Fsp3) is 0.400. The van der Waals surface area contributed by atoms with Crippen molar-refractivity contribution in [3.63, 3.8) is 0 Å². The van der Waals surface area contributed by atoms with Gasteiger partial charge in [0, 0.05) is 50.9 Å². The van der Waals surface area contributed by atoms with Gasteiger partial charge >= 0.3 is 0 Å². The van der Waals surface area contributed by atoms with E-state index in [1.54, 1.807) is 13.2 Å². The standard InChI is InChI=1S/C25H27N5O3/c1-28-14-20(23(27-28)17-3-4-17)16-5-7-19(8-6-16)33-22-15-30-21(25(31)29(22)2)13-26-24(30)18-9-11-32-12-10-18/h5-8,13-15,17-18H,3-4,9-12H2,1-2H3. The summed E-state index contributed by atoms with van der Waals surface area (Å²) in [5.41, 5.74) is 3.92. The van der Waals surface area contributed by atoms with Crippen molar-refractivity contribution in [2.45, 2.75) is 37.5 Å². The van der Waals surface area contributed by atoms with Crippen molar-refractivity contribution >= 4 is 5.52 Å². The summed E-state index contributed by atoms with van der Waals surface area (Å²) in [6.07, 6.45) is 9.85. The van der Waals surface area contributed by atoms with E-state index in [1.165, 1.54) is 28.7 Å². The smallest absolute Gasteiger partial charge is 0.279 e. The molecule has 8 nitrogen and oxygen atoms in total. The number of nitrogens with zero attached hydrogens (tertiary/aromatic N) is 5. The summed E-state index contributed by atoms with van der Waals surface area (Å²) in [6.45, 7) is 1.44. The maximum absolute atomic E-state index is 13.0. The Balaban J connectivity index is 1.31. The Hall–Kier alpha value is -3.39. The highest BCUT2D eigenvalue weighted by Crippen LogP contribution is 2.43. The molecule has 2 aliphatic rings. The van der Waals surface area contributed by atoms with Crippen LogP contribution in [-0.4, -0.2) is 36.9 Å². The van der Waals surface area contributed by atoms with Gasteiger partial charge in [0.15, 0.2) is 0 Å². The predicted molar refractivity (Wildman–Crippen MR) is 124 cm³/mol. The zero-order valence-electron chi connectivity index (χ0n) is 18.9. The van der Waals surface area contributed by atoms with Crippen LogP contribution < -0.4 is 10.3 Å². The average Bonchev–Trinajstić information content (AvgIpc) is 3.48. The van der Waals surface area contributed by atoms with Gasteiger partial charge in [-0.2, -0.15) is 5.10 Å². The highest BCUT2D eigenvalue weighted by molar-refractivity contribution is 5.67. The van der Waals surface area contributed by atoms with E-state index in [2.05, 4.69) is 28.4 Å². The Bertz CT molecular complexity index is 1370. The summed E-state index contributed by atoms with van der Waals surface area (Å²) >= 11 is 0. The second kappa shape index (κ2) is 7.88. The van der Waals surface area contributed by atoms with Crippen molar-refractivity contribution in [1.29, 1.82) is 0 Å². The highest BCUT2D eigenvalue weighted by atomic mass is 16.5. The number of imidazole rings is 1. The van der Waals surface area contributed by atoms with E-state index in [-0.39, 0.29) is 11.5 Å². The minimum absolute atomic E-state index is 0.126. The number of hydrogen-bond donors (Lipinski definition) is 0. The maximum Gasteiger partial charge on any atom is 0.279 e. The molecule has 0 bridgehead atoms. The molecule has 6 rings (SSSR count). The molecule has 8 heteroatoms. The van der Waals surface area contributed by atoms with Crippen LogP contribution >= 0.6 is 0 Å². The lowest BCUT2D eigenvalue weighted by atomic mass is 10.00. The third-order valence-electron chi connectivity index (χ3n) is 6.71. The Morgan fingerprint density at radius 3 is 2.48 bits per heavy atom. The lowest BCUT2D eigenvalue weighted by Crippen LogP contribution is -2.22. The SMILES string of the molecule is Cn1cc(-c2ccc(Oc3cn4c(C5CCOCC5)ncc4c(=O)n3C)cc2)c(C2CC2)n1. The predicted octanol–water partition coefficient (Wildman–Crippen LogP) is 4.00.